The molecule has 23 heavy (non-hydrogen) atoms. The van der Waals surface area contributed by atoms with Crippen LogP contribution < -0.4 is 15.5 Å². The van der Waals surface area contributed by atoms with Gasteiger partial charge in [0.1, 0.15) is 0 Å². The van der Waals surface area contributed by atoms with Crippen molar-refractivity contribution in [1.82, 2.24) is 15.5 Å². The third-order valence-electron chi connectivity index (χ3n) is 4.92. The van der Waals surface area contributed by atoms with E-state index in [0.29, 0.717) is 6.04 Å². The fourth-order valence-corrected chi connectivity index (χ4v) is 4.30. The molecule has 1 atom stereocenters. The predicted molar refractivity (Wildman–Crippen MR) is 99.7 cm³/mol. The number of hydrogen-bond acceptors (Lipinski definition) is 4. The SMILES string of the molecule is CN=C(NCC1CCN(C)C1)NC1CCN(c2cccs2)CC1. The zero-order chi connectivity index (χ0) is 16.1. The molecule has 3 rings (SSSR count). The summed E-state index contributed by atoms with van der Waals surface area (Å²) in [7, 11) is 4.07. The van der Waals surface area contributed by atoms with Gasteiger partial charge in [-0.15, -0.1) is 11.3 Å². The van der Waals surface area contributed by atoms with Crippen LogP contribution in [0.3, 0.4) is 0 Å². The third-order valence-corrected chi connectivity index (χ3v) is 5.85. The first-order chi connectivity index (χ1) is 11.2. The lowest BCUT2D eigenvalue weighted by Crippen LogP contribution is -2.49. The lowest BCUT2D eigenvalue weighted by Gasteiger charge is -2.33. The minimum atomic E-state index is 0.531. The topological polar surface area (TPSA) is 42.9 Å². The fraction of sp³-hybridized carbons (Fsp3) is 0.706. The summed E-state index contributed by atoms with van der Waals surface area (Å²) in [6.45, 7) is 5.70. The van der Waals surface area contributed by atoms with Gasteiger partial charge in [-0.2, -0.15) is 0 Å². The molecular weight excluding hydrogens is 306 g/mol. The molecule has 1 aromatic rings. The van der Waals surface area contributed by atoms with Crippen molar-refractivity contribution in [2.75, 3.05) is 51.7 Å². The second kappa shape index (κ2) is 8.02. The Labute approximate surface area is 143 Å². The molecule has 2 saturated heterocycles. The summed E-state index contributed by atoms with van der Waals surface area (Å²) in [5, 5.41) is 10.7. The van der Waals surface area contributed by atoms with Gasteiger partial charge in [0.05, 0.1) is 5.00 Å². The molecule has 2 N–H and O–H groups in total. The lowest BCUT2D eigenvalue weighted by molar-refractivity contribution is 0.393. The van der Waals surface area contributed by atoms with Crippen molar-refractivity contribution in [3.63, 3.8) is 0 Å². The molecular formula is C17H29N5S. The minimum Gasteiger partial charge on any atom is -0.363 e. The normalized spacial score (nSPS) is 24.2. The number of nitrogens with zero attached hydrogens (tertiary/aromatic N) is 3. The monoisotopic (exact) mass is 335 g/mol. The van der Waals surface area contributed by atoms with Crippen LogP contribution in [0.4, 0.5) is 5.00 Å². The Hall–Kier alpha value is -1.27. The van der Waals surface area contributed by atoms with E-state index in [2.05, 4.69) is 50.0 Å². The molecule has 3 heterocycles. The van der Waals surface area contributed by atoms with Crippen molar-refractivity contribution in [3.8, 4) is 0 Å². The zero-order valence-electron chi connectivity index (χ0n) is 14.3. The Morgan fingerprint density at radius 3 is 2.74 bits per heavy atom. The van der Waals surface area contributed by atoms with Gasteiger partial charge in [-0.05, 0) is 56.3 Å². The van der Waals surface area contributed by atoms with Gasteiger partial charge in [0.15, 0.2) is 5.96 Å². The first kappa shape index (κ1) is 16.6. The Morgan fingerprint density at radius 1 is 1.30 bits per heavy atom. The Bertz CT molecular complexity index is 493. The van der Waals surface area contributed by atoms with Gasteiger partial charge < -0.3 is 20.4 Å². The molecule has 2 fully saturated rings. The van der Waals surface area contributed by atoms with Crippen LogP contribution in [0.2, 0.25) is 0 Å². The molecule has 5 nitrogen and oxygen atoms in total. The van der Waals surface area contributed by atoms with Crippen molar-refractivity contribution in [2.45, 2.75) is 25.3 Å². The number of thiophene rings is 1. The van der Waals surface area contributed by atoms with Gasteiger partial charge in [-0.3, -0.25) is 4.99 Å². The van der Waals surface area contributed by atoms with Gasteiger partial charge >= 0.3 is 0 Å². The molecule has 0 saturated carbocycles. The number of aliphatic imine (C=N–C) groups is 1. The number of anilines is 1. The highest BCUT2D eigenvalue weighted by molar-refractivity contribution is 7.14. The second-order valence-corrected chi connectivity index (χ2v) is 7.65. The standard InChI is InChI=1S/C17H29N5S/c1-18-17(19-12-14-5-8-21(2)13-14)20-15-6-9-22(10-7-15)16-4-3-11-23-16/h3-4,11,14-15H,5-10,12-13H2,1-2H3,(H2,18,19,20). The van der Waals surface area contributed by atoms with Crippen molar-refractivity contribution < 1.29 is 0 Å². The maximum absolute atomic E-state index is 4.40. The van der Waals surface area contributed by atoms with E-state index in [1.807, 2.05) is 18.4 Å². The van der Waals surface area contributed by atoms with E-state index in [4.69, 9.17) is 0 Å². The van der Waals surface area contributed by atoms with Crippen LogP contribution in [-0.2, 0) is 0 Å². The molecule has 1 unspecified atom stereocenters. The Balaban J connectivity index is 1.40. The molecule has 2 aliphatic rings. The van der Waals surface area contributed by atoms with Crippen LogP contribution in [0.25, 0.3) is 0 Å². The molecule has 0 bridgehead atoms. The highest BCUT2D eigenvalue weighted by Gasteiger charge is 2.22. The van der Waals surface area contributed by atoms with Crippen LogP contribution >= 0.6 is 11.3 Å². The van der Waals surface area contributed by atoms with Crippen molar-refractivity contribution in [2.24, 2.45) is 10.9 Å². The van der Waals surface area contributed by atoms with Crippen molar-refractivity contribution in [3.05, 3.63) is 17.5 Å². The van der Waals surface area contributed by atoms with E-state index in [1.54, 1.807) is 0 Å². The number of piperidine rings is 1. The number of likely N-dealkylation sites (tertiary alicyclic amines) is 1. The summed E-state index contributed by atoms with van der Waals surface area (Å²) < 4.78 is 0. The molecule has 6 heteroatoms. The van der Waals surface area contributed by atoms with Crippen LogP contribution in [0.1, 0.15) is 19.3 Å². The average molecular weight is 336 g/mol. The van der Waals surface area contributed by atoms with E-state index in [0.717, 1.165) is 31.5 Å². The fourth-order valence-electron chi connectivity index (χ4n) is 3.52. The molecule has 0 aliphatic carbocycles. The number of nitrogens with one attached hydrogen (secondary N) is 2. The molecule has 0 spiro atoms. The molecule has 2 aliphatic heterocycles. The molecule has 128 valence electrons. The van der Waals surface area contributed by atoms with Gasteiger partial charge in [0.2, 0.25) is 0 Å². The smallest absolute Gasteiger partial charge is 0.191 e. The summed E-state index contributed by atoms with van der Waals surface area (Å²) in [5.74, 6) is 1.72. The summed E-state index contributed by atoms with van der Waals surface area (Å²) in [6, 6.07) is 4.89. The number of guanidine groups is 1. The van der Waals surface area contributed by atoms with Crippen molar-refractivity contribution in [1.29, 1.82) is 0 Å². The molecule has 0 radical (unpaired) electrons. The van der Waals surface area contributed by atoms with Gasteiger partial charge in [0.25, 0.3) is 0 Å². The van der Waals surface area contributed by atoms with E-state index >= 15 is 0 Å². The number of rotatable bonds is 4. The zero-order valence-corrected chi connectivity index (χ0v) is 15.1. The van der Waals surface area contributed by atoms with E-state index in [1.165, 1.54) is 37.4 Å². The summed E-state index contributed by atoms with van der Waals surface area (Å²) in [6.07, 6.45) is 3.63. The molecule has 0 aromatic carbocycles. The summed E-state index contributed by atoms with van der Waals surface area (Å²) >= 11 is 1.84. The lowest BCUT2D eigenvalue weighted by atomic mass is 10.1. The largest absolute Gasteiger partial charge is 0.363 e. The van der Waals surface area contributed by atoms with Crippen LogP contribution in [-0.4, -0.2) is 63.7 Å². The van der Waals surface area contributed by atoms with Crippen LogP contribution in [0, 0.1) is 5.92 Å². The van der Waals surface area contributed by atoms with Crippen LogP contribution in [0.5, 0.6) is 0 Å². The quantitative estimate of drug-likeness (QED) is 0.651. The first-order valence-electron chi connectivity index (χ1n) is 8.69. The highest BCUT2D eigenvalue weighted by Crippen LogP contribution is 2.24. The molecule has 1 aromatic heterocycles. The van der Waals surface area contributed by atoms with Crippen LogP contribution in [0.15, 0.2) is 22.5 Å². The maximum Gasteiger partial charge on any atom is 0.191 e. The molecule has 0 amide bonds. The average Bonchev–Trinajstić information content (AvgIpc) is 3.24. The minimum absolute atomic E-state index is 0.531. The van der Waals surface area contributed by atoms with Gasteiger partial charge in [0, 0.05) is 39.3 Å². The second-order valence-electron chi connectivity index (χ2n) is 6.73. The van der Waals surface area contributed by atoms with E-state index in [-0.39, 0.29) is 0 Å². The summed E-state index contributed by atoms with van der Waals surface area (Å²) in [4.78, 5) is 9.30. The van der Waals surface area contributed by atoms with E-state index < -0.39 is 0 Å². The third kappa shape index (κ3) is 4.61. The van der Waals surface area contributed by atoms with Crippen molar-refractivity contribution >= 4 is 22.3 Å². The Morgan fingerprint density at radius 2 is 2.13 bits per heavy atom. The van der Waals surface area contributed by atoms with E-state index in [9.17, 15) is 0 Å². The van der Waals surface area contributed by atoms with Gasteiger partial charge in [-0.25, -0.2) is 0 Å². The Kier molecular flexibility index (Phi) is 5.78. The summed E-state index contributed by atoms with van der Waals surface area (Å²) in [5.41, 5.74) is 0. The maximum atomic E-state index is 4.40. The predicted octanol–water partition coefficient (Wildman–Crippen LogP) is 1.83. The number of hydrogen-bond donors (Lipinski definition) is 2. The highest BCUT2D eigenvalue weighted by atomic mass is 32.1. The van der Waals surface area contributed by atoms with Gasteiger partial charge in [-0.1, -0.05) is 0 Å². The first-order valence-corrected chi connectivity index (χ1v) is 9.56.